The lowest BCUT2D eigenvalue weighted by Gasteiger charge is -2.16. The van der Waals surface area contributed by atoms with Crippen LogP contribution in [0.1, 0.15) is 6.92 Å². The molecule has 3 rings (SSSR count). The van der Waals surface area contributed by atoms with E-state index in [1.807, 2.05) is 0 Å². The van der Waals surface area contributed by atoms with Crippen LogP contribution in [0.5, 0.6) is 0 Å². The number of thioether (sulfide) groups is 1. The molecule has 126 valence electrons. The van der Waals surface area contributed by atoms with Gasteiger partial charge in [0.15, 0.2) is 4.34 Å². The van der Waals surface area contributed by atoms with E-state index >= 15 is 0 Å². The van der Waals surface area contributed by atoms with Gasteiger partial charge in [-0.15, -0.1) is 10.2 Å². The molecular weight excluding hydrogens is 353 g/mol. The summed E-state index contributed by atoms with van der Waals surface area (Å²) in [5, 5.41) is 13.6. The van der Waals surface area contributed by atoms with Crippen LogP contribution >= 0.6 is 23.1 Å². The third-order valence-electron chi connectivity index (χ3n) is 3.23. The van der Waals surface area contributed by atoms with Crippen molar-refractivity contribution < 1.29 is 14.0 Å². The van der Waals surface area contributed by atoms with E-state index in [9.17, 15) is 14.0 Å². The van der Waals surface area contributed by atoms with Gasteiger partial charge in [-0.25, -0.2) is 9.18 Å². The quantitative estimate of drug-likeness (QED) is 0.790. The Morgan fingerprint density at radius 2 is 2.33 bits per heavy atom. The first-order chi connectivity index (χ1) is 11.5. The average Bonchev–Trinajstić information content (AvgIpc) is 3.15. The number of aromatic nitrogens is 2. The van der Waals surface area contributed by atoms with Crippen molar-refractivity contribution in [2.24, 2.45) is 0 Å². The Labute approximate surface area is 145 Å². The molecule has 2 heterocycles. The second-order valence-corrected chi connectivity index (χ2v) is 7.56. The Morgan fingerprint density at radius 1 is 1.50 bits per heavy atom. The van der Waals surface area contributed by atoms with Crippen molar-refractivity contribution in [2.75, 3.05) is 18.4 Å². The maximum absolute atomic E-state index is 13.2. The molecule has 1 aliphatic heterocycles. The van der Waals surface area contributed by atoms with Gasteiger partial charge in [0.2, 0.25) is 11.0 Å². The molecule has 24 heavy (non-hydrogen) atoms. The SMILES string of the molecule is C[C@H](Sc1nnc(Nc2cccc(F)c2)s1)C(=O)N1CCNC1=O. The highest BCUT2D eigenvalue weighted by Gasteiger charge is 2.30. The number of nitrogens with one attached hydrogen (secondary N) is 2. The number of amides is 3. The van der Waals surface area contributed by atoms with E-state index in [1.165, 1.54) is 40.1 Å². The van der Waals surface area contributed by atoms with E-state index < -0.39 is 5.25 Å². The lowest BCUT2D eigenvalue weighted by atomic mass is 10.3. The van der Waals surface area contributed by atoms with Crippen LogP contribution < -0.4 is 10.6 Å². The smallest absolute Gasteiger partial charge is 0.324 e. The predicted octanol–water partition coefficient (Wildman–Crippen LogP) is 2.45. The highest BCUT2D eigenvalue weighted by molar-refractivity contribution is 8.02. The Bertz CT molecular complexity index is 769. The minimum Gasteiger partial charge on any atom is -0.336 e. The van der Waals surface area contributed by atoms with Gasteiger partial charge in [0.05, 0.1) is 5.25 Å². The molecule has 0 radical (unpaired) electrons. The van der Waals surface area contributed by atoms with Gasteiger partial charge in [-0.3, -0.25) is 9.69 Å². The molecule has 7 nitrogen and oxygen atoms in total. The van der Waals surface area contributed by atoms with Gasteiger partial charge in [-0.1, -0.05) is 29.2 Å². The lowest BCUT2D eigenvalue weighted by molar-refractivity contribution is -0.126. The number of urea groups is 1. The van der Waals surface area contributed by atoms with E-state index in [0.717, 1.165) is 0 Å². The Hall–Kier alpha value is -2.20. The van der Waals surface area contributed by atoms with E-state index in [-0.39, 0.29) is 17.8 Å². The van der Waals surface area contributed by atoms with Crippen LogP contribution in [-0.4, -0.2) is 45.4 Å². The molecule has 2 aromatic rings. The summed E-state index contributed by atoms with van der Waals surface area (Å²) in [6.45, 7) is 2.58. The van der Waals surface area contributed by atoms with Crippen molar-refractivity contribution in [3.63, 3.8) is 0 Å². The van der Waals surface area contributed by atoms with Gasteiger partial charge in [0.25, 0.3) is 0 Å². The Kier molecular flexibility index (Phi) is 4.95. The highest BCUT2D eigenvalue weighted by Crippen LogP contribution is 2.31. The average molecular weight is 367 g/mol. The lowest BCUT2D eigenvalue weighted by Crippen LogP contribution is -2.38. The molecule has 2 N–H and O–H groups in total. The normalized spacial score (nSPS) is 15.2. The van der Waals surface area contributed by atoms with Crippen LogP contribution in [0, 0.1) is 5.82 Å². The standard InChI is InChI=1S/C14H14FN5O2S2/c1-8(11(21)20-6-5-16-13(20)22)23-14-19-18-12(24-14)17-10-4-2-3-9(15)7-10/h2-4,7-8H,5-6H2,1H3,(H,16,22)(H,17,18)/t8-/m0/s1. The molecule has 1 saturated heterocycles. The summed E-state index contributed by atoms with van der Waals surface area (Å²) in [7, 11) is 0. The minimum absolute atomic E-state index is 0.259. The Morgan fingerprint density at radius 3 is 3.04 bits per heavy atom. The number of benzene rings is 1. The van der Waals surface area contributed by atoms with Crippen LogP contribution in [-0.2, 0) is 4.79 Å². The number of halogens is 1. The first kappa shape index (κ1) is 16.7. The minimum atomic E-state index is -0.455. The summed E-state index contributed by atoms with van der Waals surface area (Å²) in [6, 6.07) is 5.66. The summed E-state index contributed by atoms with van der Waals surface area (Å²) < 4.78 is 13.8. The van der Waals surface area contributed by atoms with Crippen molar-refractivity contribution in [1.82, 2.24) is 20.4 Å². The summed E-state index contributed by atoms with van der Waals surface area (Å²) in [6.07, 6.45) is 0. The second kappa shape index (κ2) is 7.14. The molecule has 0 bridgehead atoms. The molecule has 0 saturated carbocycles. The molecule has 0 spiro atoms. The van der Waals surface area contributed by atoms with E-state index in [0.29, 0.717) is 28.2 Å². The zero-order valence-corrected chi connectivity index (χ0v) is 14.3. The molecule has 0 unspecified atom stereocenters. The van der Waals surface area contributed by atoms with Crippen LogP contribution in [0.15, 0.2) is 28.6 Å². The van der Waals surface area contributed by atoms with Gasteiger partial charge >= 0.3 is 6.03 Å². The fourth-order valence-corrected chi connectivity index (χ4v) is 4.08. The second-order valence-electron chi connectivity index (χ2n) is 4.99. The van der Waals surface area contributed by atoms with Crippen molar-refractivity contribution in [1.29, 1.82) is 0 Å². The van der Waals surface area contributed by atoms with Crippen molar-refractivity contribution in [2.45, 2.75) is 16.5 Å². The van der Waals surface area contributed by atoms with Crippen LogP contribution in [0.25, 0.3) is 0 Å². The van der Waals surface area contributed by atoms with Gasteiger partial charge in [-0.2, -0.15) is 0 Å². The summed E-state index contributed by atoms with van der Waals surface area (Å²) in [4.78, 5) is 25.0. The van der Waals surface area contributed by atoms with Crippen molar-refractivity contribution in [3.05, 3.63) is 30.1 Å². The number of hydrogen-bond acceptors (Lipinski definition) is 7. The van der Waals surface area contributed by atoms with Gasteiger partial charge < -0.3 is 10.6 Å². The van der Waals surface area contributed by atoms with E-state index in [4.69, 9.17) is 0 Å². The molecular formula is C14H14FN5O2S2. The number of anilines is 2. The molecule has 1 atom stereocenters. The van der Waals surface area contributed by atoms with E-state index in [2.05, 4.69) is 20.8 Å². The number of rotatable bonds is 5. The molecule has 1 fully saturated rings. The zero-order chi connectivity index (χ0) is 17.1. The maximum Gasteiger partial charge on any atom is 0.324 e. The molecule has 10 heteroatoms. The molecule has 1 aromatic heterocycles. The van der Waals surface area contributed by atoms with Crippen LogP contribution in [0.4, 0.5) is 20.0 Å². The fourth-order valence-electron chi connectivity index (χ4n) is 2.10. The monoisotopic (exact) mass is 367 g/mol. The van der Waals surface area contributed by atoms with Gasteiger partial charge in [-0.05, 0) is 25.1 Å². The first-order valence-corrected chi connectivity index (χ1v) is 8.84. The van der Waals surface area contributed by atoms with Gasteiger partial charge in [0.1, 0.15) is 5.82 Å². The number of imide groups is 1. The molecule has 3 amide bonds. The number of nitrogens with zero attached hydrogens (tertiary/aromatic N) is 3. The fraction of sp³-hybridized carbons (Fsp3) is 0.286. The molecule has 1 aliphatic rings. The van der Waals surface area contributed by atoms with E-state index in [1.54, 1.807) is 19.1 Å². The Balaban J connectivity index is 1.61. The summed E-state index contributed by atoms with van der Waals surface area (Å²) in [5.74, 6) is -0.605. The third-order valence-corrected chi connectivity index (χ3v) is 5.24. The number of hydrogen-bond donors (Lipinski definition) is 2. The third kappa shape index (κ3) is 3.82. The largest absolute Gasteiger partial charge is 0.336 e. The van der Waals surface area contributed by atoms with Crippen molar-refractivity contribution in [3.8, 4) is 0 Å². The van der Waals surface area contributed by atoms with Crippen LogP contribution in [0.2, 0.25) is 0 Å². The maximum atomic E-state index is 13.2. The zero-order valence-electron chi connectivity index (χ0n) is 12.7. The summed E-state index contributed by atoms with van der Waals surface area (Å²) >= 11 is 2.49. The summed E-state index contributed by atoms with van der Waals surface area (Å²) in [5.41, 5.74) is 0.570. The van der Waals surface area contributed by atoms with Crippen molar-refractivity contribution >= 4 is 45.9 Å². The molecule has 1 aromatic carbocycles. The van der Waals surface area contributed by atoms with Gasteiger partial charge in [0, 0.05) is 18.8 Å². The number of carbonyl (C=O) groups is 2. The van der Waals surface area contributed by atoms with Crippen LogP contribution in [0.3, 0.4) is 0 Å². The highest BCUT2D eigenvalue weighted by atomic mass is 32.2. The topological polar surface area (TPSA) is 87.2 Å². The molecule has 0 aliphatic carbocycles. The predicted molar refractivity (Wildman–Crippen MR) is 90.0 cm³/mol. The first-order valence-electron chi connectivity index (χ1n) is 7.15. The number of carbonyl (C=O) groups excluding carboxylic acids is 2.